The van der Waals surface area contributed by atoms with Crippen LogP contribution in [-0.2, 0) is 18.0 Å². The van der Waals surface area contributed by atoms with Crippen molar-refractivity contribution in [3.8, 4) is 0 Å². The van der Waals surface area contributed by atoms with Gasteiger partial charge in [0.05, 0.1) is 25.4 Å². The van der Waals surface area contributed by atoms with Crippen LogP contribution in [0.4, 0.5) is 0 Å². The number of nitrogens with zero attached hydrogens (tertiary/aromatic N) is 1. The second-order valence-electron chi connectivity index (χ2n) is 7.16. The second kappa shape index (κ2) is 13.2. The molecule has 2 unspecified atom stereocenters. The van der Waals surface area contributed by atoms with Crippen molar-refractivity contribution in [3.05, 3.63) is 0 Å². The van der Waals surface area contributed by atoms with Crippen LogP contribution in [0.5, 0.6) is 0 Å². The van der Waals surface area contributed by atoms with Crippen molar-refractivity contribution in [1.29, 1.82) is 0 Å². The maximum Gasteiger partial charge on any atom is 0.501 e. The standard InChI is InChI=1S/C19H41NO4Si/c1-6-9-12-20(13-10-7-2)14-11-15-25(22-8-3)23-18(4)16-21-17-19(5)24-25/h18-19H,6-17H2,1-5H3. The largest absolute Gasteiger partial charge is 0.501 e. The maximum absolute atomic E-state index is 6.28. The van der Waals surface area contributed by atoms with Gasteiger partial charge in [-0.3, -0.25) is 0 Å². The fraction of sp³-hybridized carbons (Fsp3) is 1.00. The zero-order chi connectivity index (χ0) is 18.5. The molecule has 0 aliphatic carbocycles. The lowest BCUT2D eigenvalue weighted by Gasteiger charge is -2.36. The van der Waals surface area contributed by atoms with E-state index in [0.29, 0.717) is 19.8 Å². The van der Waals surface area contributed by atoms with Gasteiger partial charge >= 0.3 is 8.80 Å². The molecule has 0 aromatic heterocycles. The first kappa shape index (κ1) is 23.1. The summed E-state index contributed by atoms with van der Waals surface area (Å²) in [6.45, 7) is 16.0. The van der Waals surface area contributed by atoms with Crippen molar-refractivity contribution in [2.45, 2.75) is 85.0 Å². The molecule has 0 aromatic rings. The van der Waals surface area contributed by atoms with E-state index in [9.17, 15) is 0 Å². The molecule has 25 heavy (non-hydrogen) atoms. The summed E-state index contributed by atoms with van der Waals surface area (Å²) in [6, 6.07) is 0.893. The smallest absolute Gasteiger partial charge is 0.376 e. The van der Waals surface area contributed by atoms with Gasteiger partial charge in [0, 0.05) is 12.7 Å². The van der Waals surface area contributed by atoms with Crippen LogP contribution >= 0.6 is 0 Å². The molecule has 1 saturated heterocycles. The molecule has 0 radical (unpaired) electrons. The molecular weight excluding hydrogens is 334 g/mol. The number of ether oxygens (including phenoxy) is 1. The molecule has 6 heteroatoms. The van der Waals surface area contributed by atoms with Crippen molar-refractivity contribution in [2.24, 2.45) is 0 Å². The number of hydrogen-bond acceptors (Lipinski definition) is 5. The first-order valence-corrected chi connectivity index (χ1v) is 12.3. The van der Waals surface area contributed by atoms with Crippen molar-refractivity contribution < 1.29 is 18.0 Å². The number of unbranched alkanes of at least 4 members (excludes halogenated alkanes) is 2. The SMILES string of the molecule is CCCCN(CCCC)CCC[Si]1(OCC)OC(C)COCC(C)O1. The van der Waals surface area contributed by atoms with Crippen molar-refractivity contribution in [3.63, 3.8) is 0 Å². The molecule has 0 spiro atoms. The number of rotatable bonds is 12. The van der Waals surface area contributed by atoms with Gasteiger partial charge in [-0.15, -0.1) is 0 Å². The number of hydrogen-bond donors (Lipinski definition) is 0. The van der Waals surface area contributed by atoms with E-state index in [-0.39, 0.29) is 12.2 Å². The summed E-state index contributed by atoms with van der Waals surface area (Å²) in [5.74, 6) is 0. The second-order valence-corrected chi connectivity index (χ2v) is 9.79. The van der Waals surface area contributed by atoms with Crippen LogP contribution in [0.15, 0.2) is 0 Å². The summed E-state index contributed by atoms with van der Waals surface area (Å²) in [6.07, 6.45) is 6.18. The van der Waals surface area contributed by atoms with Gasteiger partial charge in [0.25, 0.3) is 0 Å². The van der Waals surface area contributed by atoms with Crippen LogP contribution in [-0.4, -0.2) is 65.4 Å². The highest BCUT2D eigenvalue weighted by molar-refractivity contribution is 6.60. The average molecular weight is 376 g/mol. The summed E-state index contributed by atoms with van der Waals surface area (Å²) in [7, 11) is -2.63. The average Bonchev–Trinajstić information content (AvgIpc) is 2.55. The molecule has 1 rings (SSSR count). The fourth-order valence-corrected chi connectivity index (χ4v) is 6.17. The molecule has 0 saturated carbocycles. The van der Waals surface area contributed by atoms with Gasteiger partial charge in [-0.05, 0) is 59.7 Å². The van der Waals surface area contributed by atoms with Gasteiger partial charge in [0.2, 0.25) is 0 Å². The van der Waals surface area contributed by atoms with Crippen LogP contribution in [0, 0.1) is 0 Å². The first-order valence-electron chi connectivity index (χ1n) is 10.3. The highest BCUT2D eigenvalue weighted by Crippen LogP contribution is 2.24. The first-order chi connectivity index (χ1) is 12.0. The highest BCUT2D eigenvalue weighted by atomic mass is 28.4. The molecule has 0 bridgehead atoms. The minimum absolute atomic E-state index is 0.0296. The third-order valence-corrected chi connectivity index (χ3v) is 7.66. The van der Waals surface area contributed by atoms with E-state index in [1.807, 2.05) is 6.92 Å². The Balaban J connectivity index is 2.60. The zero-order valence-corrected chi connectivity index (χ0v) is 18.2. The molecule has 2 atom stereocenters. The summed E-state index contributed by atoms with van der Waals surface area (Å²) < 4.78 is 24.3. The predicted molar refractivity (Wildman–Crippen MR) is 105 cm³/mol. The lowest BCUT2D eigenvalue weighted by atomic mass is 10.2. The molecule has 1 fully saturated rings. The highest BCUT2D eigenvalue weighted by Gasteiger charge is 2.44. The summed E-state index contributed by atoms with van der Waals surface area (Å²) >= 11 is 0. The van der Waals surface area contributed by atoms with E-state index >= 15 is 0 Å². The van der Waals surface area contributed by atoms with Crippen LogP contribution in [0.25, 0.3) is 0 Å². The van der Waals surface area contributed by atoms with Crippen LogP contribution in [0.2, 0.25) is 6.04 Å². The Bertz CT molecular complexity index is 313. The Morgan fingerprint density at radius 3 is 1.88 bits per heavy atom. The summed E-state index contributed by atoms with van der Waals surface area (Å²) in [4.78, 5) is 2.60. The third kappa shape index (κ3) is 9.49. The minimum Gasteiger partial charge on any atom is -0.376 e. The van der Waals surface area contributed by atoms with E-state index in [1.165, 1.54) is 38.8 Å². The Hall–Kier alpha value is 0.0169. The summed E-state index contributed by atoms with van der Waals surface area (Å²) in [5, 5.41) is 0. The van der Waals surface area contributed by atoms with Crippen LogP contribution < -0.4 is 0 Å². The van der Waals surface area contributed by atoms with E-state index in [4.69, 9.17) is 18.0 Å². The molecule has 0 amide bonds. The Labute approximate surface area is 156 Å². The van der Waals surface area contributed by atoms with Gasteiger partial charge in [0.1, 0.15) is 0 Å². The molecule has 1 aliphatic heterocycles. The Morgan fingerprint density at radius 1 is 0.880 bits per heavy atom. The van der Waals surface area contributed by atoms with Crippen molar-refractivity contribution in [2.75, 3.05) is 39.5 Å². The Kier molecular flexibility index (Phi) is 12.2. The monoisotopic (exact) mass is 375 g/mol. The van der Waals surface area contributed by atoms with Gasteiger partial charge in [0.15, 0.2) is 0 Å². The lowest BCUT2D eigenvalue weighted by Crippen LogP contribution is -2.53. The quantitative estimate of drug-likeness (QED) is 0.480. The van der Waals surface area contributed by atoms with E-state index in [0.717, 1.165) is 19.0 Å². The molecule has 1 heterocycles. The van der Waals surface area contributed by atoms with Gasteiger partial charge < -0.3 is 22.9 Å². The van der Waals surface area contributed by atoms with E-state index in [1.54, 1.807) is 0 Å². The van der Waals surface area contributed by atoms with E-state index in [2.05, 4.69) is 32.6 Å². The molecule has 150 valence electrons. The van der Waals surface area contributed by atoms with Gasteiger partial charge in [-0.25, -0.2) is 0 Å². The summed E-state index contributed by atoms with van der Waals surface area (Å²) in [5.41, 5.74) is 0. The molecule has 0 aromatic carbocycles. The zero-order valence-electron chi connectivity index (χ0n) is 17.2. The minimum atomic E-state index is -2.63. The molecule has 0 N–H and O–H groups in total. The van der Waals surface area contributed by atoms with Crippen molar-refractivity contribution >= 4 is 8.80 Å². The van der Waals surface area contributed by atoms with Gasteiger partial charge in [-0.1, -0.05) is 26.7 Å². The Morgan fingerprint density at radius 2 is 1.40 bits per heavy atom. The molecule has 1 aliphatic rings. The van der Waals surface area contributed by atoms with Crippen LogP contribution in [0.1, 0.15) is 66.7 Å². The molecular formula is C19H41NO4Si. The topological polar surface area (TPSA) is 40.2 Å². The third-order valence-electron chi connectivity index (χ3n) is 4.44. The lowest BCUT2D eigenvalue weighted by molar-refractivity contribution is -0.0717. The fourth-order valence-electron chi connectivity index (χ4n) is 3.20. The van der Waals surface area contributed by atoms with Crippen molar-refractivity contribution in [1.82, 2.24) is 4.90 Å². The van der Waals surface area contributed by atoms with Crippen LogP contribution in [0.3, 0.4) is 0 Å². The predicted octanol–water partition coefficient (Wildman–Crippen LogP) is 4.09. The van der Waals surface area contributed by atoms with E-state index < -0.39 is 8.80 Å². The normalized spacial score (nSPS) is 28.1. The maximum atomic E-state index is 6.28. The molecule has 5 nitrogen and oxygen atoms in total. The van der Waals surface area contributed by atoms with Gasteiger partial charge in [-0.2, -0.15) is 0 Å².